The van der Waals surface area contributed by atoms with E-state index >= 15 is 0 Å². The van der Waals surface area contributed by atoms with Crippen LogP contribution in [0.2, 0.25) is 0 Å². The highest BCUT2D eigenvalue weighted by molar-refractivity contribution is 5.90. The Balaban J connectivity index is 2.66. The Morgan fingerprint density at radius 2 is 1.64 bits per heavy atom. The molecule has 0 aromatic carbocycles. The lowest BCUT2D eigenvalue weighted by Gasteiger charge is -2.35. The lowest BCUT2D eigenvalue weighted by Crippen LogP contribution is -2.52. The zero-order valence-electron chi connectivity index (χ0n) is 9.68. The zero-order valence-corrected chi connectivity index (χ0v) is 9.68. The fourth-order valence-electron chi connectivity index (χ4n) is 2.19. The van der Waals surface area contributed by atoms with Gasteiger partial charge in [0, 0.05) is 5.92 Å². The summed E-state index contributed by atoms with van der Waals surface area (Å²) in [4.78, 5) is 12.1. The maximum atomic E-state index is 12.1. The van der Waals surface area contributed by atoms with Crippen LogP contribution < -0.4 is 5.73 Å². The van der Waals surface area contributed by atoms with Gasteiger partial charge in [0.05, 0.1) is 5.54 Å². The van der Waals surface area contributed by atoms with Crippen LogP contribution in [0.3, 0.4) is 0 Å². The summed E-state index contributed by atoms with van der Waals surface area (Å²) in [5.74, 6) is 0.801. The summed E-state index contributed by atoms with van der Waals surface area (Å²) in [7, 11) is 0. The van der Waals surface area contributed by atoms with Gasteiger partial charge in [-0.05, 0) is 18.8 Å². The highest BCUT2D eigenvalue weighted by Gasteiger charge is 2.38. The van der Waals surface area contributed by atoms with Crippen molar-refractivity contribution in [2.75, 3.05) is 0 Å². The molecule has 0 aliphatic heterocycles. The van der Waals surface area contributed by atoms with Gasteiger partial charge >= 0.3 is 0 Å². The van der Waals surface area contributed by atoms with Crippen LogP contribution in [0.25, 0.3) is 0 Å². The van der Waals surface area contributed by atoms with Crippen molar-refractivity contribution in [1.29, 1.82) is 0 Å². The first-order valence-electron chi connectivity index (χ1n) is 5.80. The van der Waals surface area contributed by atoms with Crippen LogP contribution in [0, 0.1) is 11.8 Å². The first-order chi connectivity index (χ1) is 6.47. The molecule has 1 saturated carbocycles. The van der Waals surface area contributed by atoms with Gasteiger partial charge in [-0.1, -0.05) is 40.0 Å². The standard InChI is InChI=1S/C12H23NO/c1-9(2)10(3)11(14)12(13)7-5-4-6-8-12/h9-10H,4-8,13H2,1-3H3. The molecule has 1 fully saturated rings. The molecule has 1 unspecified atom stereocenters. The third kappa shape index (κ3) is 2.35. The molecule has 2 nitrogen and oxygen atoms in total. The topological polar surface area (TPSA) is 43.1 Å². The quantitative estimate of drug-likeness (QED) is 0.755. The Bertz CT molecular complexity index is 204. The van der Waals surface area contributed by atoms with Crippen molar-refractivity contribution in [3.05, 3.63) is 0 Å². The summed E-state index contributed by atoms with van der Waals surface area (Å²) in [5, 5.41) is 0. The van der Waals surface area contributed by atoms with Gasteiger partial charge in [0.25, 0.3) is 0 Å². The lowest BCUT2D eigenvalue weighted by molar-refractivity contribution is -0.130. The molecule has 0 aromatic heterocycles. The van der Waals surface area contributed by atoms with Crippen LogP contribution in [-0.2, 0) is 4.79 Å². The van der Waals surface area contributed by atoms with Crippen molar-refractivity contribution in [3.8, 4) is 0 Å². The first-order valence-corrected chi connectivity index (χ1v) is 5.80. The number of Topliss-reactive ketones (excluding diaryl/α,β-unsaturated/α-hetero) is 1. The minimum atomic E-state index is -0.498. The summed E-state index contributed by atoms with van der Waals surface area (Å²) in [6, 6.07) is 0. The number of carbonyl (C=O) groups excluding carboxylic acids is 1. The van der Waals surface area contributed by atoms with Crippen molar-refractivity contribution in [1.82, 2.24) is 0 Å². The molecule has 1 aliphatic rings. The highest BCUT2D eigenvalue weighted by Crippen LogP contribution is 2.30. The van der Waals surface area contributed by atoms with Crippen molar-refractivity contribution < 1.29 is 4.79 Å². The maximum absolute atomic E-state index is 12.1. The van der Waals surface area contributed by atoms with Crippen LogP contribution in [-0.4, -0.2) is 11.3 Å². The van der Waals surface area contributed by atoms with Gasteiger partial charge < -0.3 is 5.73 Å². The fraction of sp³-hybridized carbons (Fsp3) is 0.917. The molecule has 82 valence electrons. The largest absolute Gasteiger partial charge is 0.319 e. The molecule has 14 heavy (non-hydrogen) atoms. The van der Waals surface area contributed by atoms with Gasteiger partial charge in [-0.2, -0.15) is 0 Å². The first kappa shape index (κ1) is 11.7. The number of hydrogen-bond donors (Lipinski definition) is 1. The Hall–Kier alpha value is -0.370. The van der Waals surface area contributed by atoms with Crippen LogP contribution in [0.1, 0.15) is 52.9 Å². The number of rotatable bonds is 3. The van der Waals surface area contributed by atoms with Gasteiger partial charge in [-0.3, -0.25) is 4.79 Å². The smallest absolute Gasteiger partial charge is 0.155 e. The van der Waals surface area contributed by atoms with Crippen LogP contribution in [0.5, 0.6) is 0 Å². The van der Waals surface area contributed by atoms with E-state index in [1.165, 1.54) is 6.42 Å². The molecular weight excluding hydrogens is 174 g/mol. The van der Waals surface area contributed by atoms with Gasteiger partial charge in [0.15, 0.2) is 5.78 Å². The summed E-state index contributed by atoms with van der Waals surface area (Å²) in [5.41, 5.74) is 5.69. The highest BCUT2D eigenvalue weighted by atomic mass is 16.1. The fourth-order valence-corrected chi connectivity index (χ4v) is 2.19. The number of hydrogen-bond acceptors (Lipinski definition) is 2. The van der Waals surface area contributed by atoms with Crippen molar-refractivity contribution in [2.45, 2.75) is 58.4 Å². The Morgan fingerprint density at radius 1 is 1.14 bits per heavy atom. The van der Waals surface area contributed by atoms with Gasteiger partial charge in [0.1, 0.15) is 0 Å². The Morgan fingerprint density at radius 3 is 2.07 bits per heavy atom. The minimum absolute atomic E-state index is 0.109. The predicted molar refractivity (Wildman–Crippen MR) is 59.0 cm³/mol. The number of ketones is 1. The molecule has 2 heteroatoms. The van der Waals surface area contributed by atoms with Crippen LogP contribution >= 0.6 is 0 Å². The molecular formula is C12H23NO. The molecule has 0 radical (unpaired) electrons. The molecule has 1 atom stereocenters. The average Bonchev–Trinajstić information content (AvgIpc) is 2.16. The molecule has 0 spiro atoms. The Labute approximate surface area is 87.2 Å². The monoisotopic (exact) mass is 197 g/mol. The van der Waals surface area contributed by atoms with E-state index in [1.807, 2.05) is 6.92 Å². The normalized spacial score (nSPS) is 23.5. The van der Waals surface area contributed by atoms with E-state index < -0.39 is 5.54 Å². The third-order valence-electron chi connectivity index (χ3n) is 3.65. The van der Waals surface area contributed by atoms with E-state index in [0.29, 0.717) is 5.92 Å². The molecule has 0 heterocycles. The predicted octanol–water partition coefficient (Wildman–Crippen LogP) is 2.51. The summed E-state index contributed by atoms with van der Waals surface area (Å²) >= 11 is 0. The third-order valence-corrected chi connectivity index (χ3v) is 3.65. The molecule has 0 aromatic rings. The van der Waals surface area contributed by atoms with Crippen LogP contribution in [0.15, 0.2) is 0 Å². The summed E-state index contributed by atoms with van der Waals surface area (Å²) < 4.78 is 0. The molecule has 0 amide bonds. The van der Waals surface area contributed by atoms with Crippen molar-refractivity contribution in [2.24, 2.45) is 17.6 Å². The summed E-state index contributed by atoms with van der Waals surface area (Å²) in [6.07, 6.45) is 5.26. The van der Waals surface area contributed by atoms with E-state index in [1.54, 1.807) is 0 Å². The van der Waals surface area contributed by atoms with Gasteiger partial charge in [0.2, 0.25) is 0 Å². The van der Waals surface area contributed by atoms with Crippen molar-refractivity contribution in [3.63, 3.8) is 0 Å². The van der Waals surface area contributed by atoms with Gasteiger partial charge in [-0.25, -0.2) is 0 Å². The van der Waals surface area contributed by atoms with E-state index in [9.17, 15) is 4.79 Å². The van der Waals surface area contributed by atoms with Crippen LogP contribution in [0.4, 0.5) is 0 Å². The summed E-state index contributed by atoms with van der Waals surface area (Å²) in [6.45, 7) is 6.19. The van der Waals surface area contributed by atoms with E-state index in [4.69, 9.17) is 5.73 Å². The molecule has 0 saturated heterocycles. The molecule has 2 N–H and O–H groups in total. The van der Waals surface area contributed by atoms with E-state index in [2.05, 4.69) is 13.8 Å². The average molecular weight is 197 g/mol. The van der Waals surface area contributed by atoms with E-state index in [-0.39, 0.29) is 11.7 Å². The minimum Gasteiger partial charge on any atom is -0.319 e. The molecule has 1 rings (SSSR count). The molecule has 0 bridgehead atoms. The van der Waals surface area contributed by atoms with E-state index in [0.717, 1.165) is 25.7 Å². The maximum Gasteiger partial charge on any atom is 0.155 e. The SMILES string of the molecule is CC(C)C(C)C(=O)C1(N)CCCCC1. The van der Waals surface area contributed by atoms with Crippen molar-refractivity contribution >= 4 is 5.78 Å². The number of nitrogens with two attached hydrogens (primary N) is 1. The second-order valence-corrected chi connectivity index (χ2v) is 5.11. The number of carbonyl (C=O) groups is 1. The lowest BCUT2D eigenvalue weighted by atomic mass is 9.73. The van der Waals surface area contributed by atoms with Gasteiger partial charge in [-0.15, -0.1) is 0 Å². The zero-order chi connectivity index (χ0) is 10.8. The second kappa shape index (κ2) is 4.43. The second-order valence-electron chi connectivity index (χ2n) is 5.11. The Kier molecular flexibility index (Phi) is 3.71. The molecule has 1 aliphatic carbocycles.